The molecule has 1 aromatic rings. The lowest BCUT2D eigenvalue weighted by Crippen LogP contribution is -2.37. The molecule has 1 heterocycles. The largest absolute Gasteiger partial charge is 0.493 e. The van der Waals surface area contributed by atoms with E-state index in [1.165, 1.54) is 7.11 Å². The van der Waals surface area contributed by atoms with Gasteiger partial charge in [0.15, 0.2) is 11.5 Å². The van der Waals surface area contributed by atoms with E-state index >= 15 is 0 Å². The fourth-order valence-electron chi connectivity index (χ4n) is 2.62. The molecule has 0 spiro atoms. The lowest BCUT2D eigenvalue weighted by molar-refractivity contribution is 0.0755. The van der Waals surface area contributed by atoms with Gasteiger partial charge < -0.3 is 24.0 Å². The summed E-state index contributed by atoms with van der Waals surface area (Å²) >= 11 is 2.12. The van der Waals surface area contributed by atoms with E-state index in [0.717, 1.165) is 3.57 Å². The molecule has 0 saturated carbocycles. The summed E-state index contributed by atoms with van der Waals surface area (Å²) in [6, 6.07) is 3.48. The number of amides is 2. The van der Waals surface area contributed by atoms with E-state index in [1.807, 2.05) is 0 Å². The molecule has 0 atom stereocenters. The highest BCUT2D eigenvalue weighted by Gasteiger charge is 2.25. The number of ether oxygens (including phenoxy) is 3. The monoisotopic (exact) mass is 448 g/mol. The van der Waals surface area contributed by atoms with Gasteiger partial charge in [0.1, 0.15) is 0 Å². The van der Waals surface area contributed by atoms with Gasteiger partial charge in [-0.1, -0.05) is 0 Å². The Morgan fingerprint density at radius 3 is 2.17 bits per heavy atom. The van der Waals surface area contributed by atoms with Crippen LogP contribution < -0.4 is 9.47 Å². The van der Waals surface area contributed by atoms with Crippen molar-refractivity contribution in [2.45, 2.75) is 6.42 Å². The molecule has 2 amide bonds. The molecule has 2 rings (SSSR count). The Bertz CT molecular complexity index is 623. The van der Waals surface area contributed by atoms with Crippen molar-refractivity contribution >= 4 is 34.6 Å². The van der Waals surface area contributed by atoms with Crippen LogP contribution in [0, 0.1) is 3.57 Å². The van der Waals surface area contributed by atoms with Crippen LogP contribution in [0.4, 0.5) is 4.79 Å². The van der Waals surface area contributed by atoms with Crippen molar-refractivity contribution < 1.29 is 23.8 Å². The van der Waals surface area contributed by atoms with Crippen LogP contribution in [0.1, 0.15) is 16.8 Å². The zero-order chi connectivity index (χ0) is 17.7. The molecule has 0 radical (unpaired) electrons. The molecule has 24 heavy (non-hydrogen) atoms. The standard InChI is InChI=1S/C16H21IN2O5/c1-22-13-9-11(12(17)10-14(13)23-2)15(20)18-5-4-6-19(8-7-18)16(21)24-3/h9-10H,4-8H2,1-3H3. The molecule has 0 bridgehead atoms. The van der Waals surface area contributed by atoms with Crippen molar-refractivity contribution in [2.24, 2.45) is 0 Å². The summed E-state index contributed by atoms with van der Waals surface area (Å²) in [6.45, 7) is 2.11. The predicted octanol–water partition coefficient (Wildman–Crippen LogP) is 2.22. The summed E-state index contributed by atoms with van der Waals surface area (Å²) in [5.74, 6) is 1.03. The molecule has 0 aromatic heterocycles. The maximum atomic E-state index is 12.9. The fraction of sp³-hybridized carbons (Fsp3) is 0.500. The van der Waals surface area contributed by atoms with Gasteiger partial charge in [0.2, 0.25) is 0 Å². The van der Waals surface area contributed by atoms with E-state index in [0.29, 0.717) is 49.7 Å². The number of rotatable bonds is 3. The molecule has 1 aliphatic heterocycles. The summed E-state index contributed by atoms with van der Waals surface area (Å²) < 4.78 is 16.1. The second-order valence-corrected chi connectivity index (χ2v) is 6.45. The maximum absolute atomic E-state index is 12.9. The van der Waals surface area contributed by atoms with Crippen LogP contribution in [-0.2, 0) is 4.74 Å². The number of methoxy groups -OCH3 is 3. The van der Waals surface area contributed by atoms with Gasteiger partial charge in [-0.05, 0) is 41.1 Å². The minimum atomic E-state index is -0.356. The van der Waals surface area contributed by atoms with Crippen molar-refractivity contribution in [3.8, 4) is 11.5 Å². The number of benzene rings is 1. The number of nitrogens with zero attached hydrogens (tertiary/aromatic N) is 2. The van der Waals surface area contributed by atoms with Crippen LogP contribution in [0.25, 0.3) is 0 Å². The molecule has 8 heteroatoms. The highest BCUT2D eigenvalue weighted by atomic mass is 127. The smallest absolute Gasteiger partial charge is 0.409 e. The Kier molecular flexibility index (Phi) is 6.52. The van der Waals surface area contributed by atoms with Gasteiger partial charge in [-0.15, -0.1) is 0 Å². The molecule has 7 nitrogen and oxygen atoms in total. The van der Waals surface area contributed by atoms with Crippen molar-refractivity contribution in [1.82, 2.24) is 9.80 Å². The molecule has 1 fully saturated rings. The van der Waals surface area contributed by atoms with E-state index in [1.54, 1.807) is 36.2 Å². The second-order valence-electron chi connectivity index (χ2n) is 5.29. The van der Waals surface area contributed by atoms with E-state index in [9.17, 15) is 9.59 Å². The normalized spacial score (nSPS) is 14.8. The summed E-state index contributed by atoms with van der Waals surface area (Å²) in [7, 11) is 4.47. The highest BCUT2D eigenvalue weighted by Crippen LogP contribution is 2.32. The first kappa shape index (κ1) is 18.6. The number of carbonyl (C=O) groups is 2. The van der Waals surface area contributed by atoms with Gasteiger partial charge in [-0.25, -0.2) is 4.79 Å². The molecule has 132 valence electrons. The van der Waals surface area contributed by atoms with Crippen LogP contribution in [0.3, 0.4) is 0 Å². The van der Waals surface area contributed by atoms with Gasteiger partial charge in [-0.3, -0.25) is 4.79 Å². The van der Waals surface area contributed by atoms with Crippen LogP contribution in [0.5, 0.6) is 11.5 Å². The predicted molar refractivity (Wildman–Crippen MR) is 96.8 cm³/mol. The number of hydrogen-bond donors (Lipinski definition) is 0. The summed E-state index contributed by atoms with van der Waals surface area (Å²) in [6.07, 6.45) is 0.357. The number of hydrogen-bond acceptors (Lipinski definition) is 5. The van der Waals surface area contributed by atoms with E-state index in [4.69, 9.17) is 14.2 Å². The zero-order valence-corrected chi connectivity index (χ0v) is 16.2. The first-order chi connectivity index (χ1) is 11.5. The van der Waals surface area contributed by atoms with Gasteiger partial charge >= 0.3 is 6.09 Å². The Morgan fingerprint density at radius 2 is 1.54 bits per heavy atom. The number of carbonyl (C=O) groups excluding carboxylic acids is 2. The van der Waals surface area contributed by atoms with Crippen molar-refractivity contribution in [3.05, 3.63) is 21.3 Å². The average molecular weight is 448 g/mol. The van der Waals surface area contributed by atoms with E-state index < -0.39 is 0 Å². The number of halogens is 1. The molecule has 1 saturated heterocycles. The Balaban J connectivity index is 2.18. The topological polar surface area (TPSA) is 68.3 Å². The molecule has 0 aliphatic carbocycles. The molecule has 0 unspecified atom stereocenters. The minimum absolute atomic E-state index is 0.0768. The van der Waals surface area contributed by atoms with Crippen LogP contribution >= 0.6 is 22.6 Å². The van der Waals surface area contributed by atoms with Crippen molar-refractivity contribution in [1.29, 1.82) is 0 Å². The summed E-state index contributed by atoms with van der Waals surface area (Å²) in [5.41, 5.74) is 0.569. The van der Waals surface area contributed by atoms with Crippen molar-refractivity contribution in [2.75, 3.05) is 47.5 Å². The third kappa shape index (κ3) is 4.03. The lowest BCUT2D eigenvalue weighted by atomic mass is 10.1. The molecular formula is C16H21IN2O5. The quantitative estimate of drug-likeness (QED) is 0.664. The SMILES string of the molecule is COC(=O)N1CCCN(C(=O)c2cc(OC)c(OC)cc2I)CC1. The summed E-state index contributed by atoms with van der Waals surface area (Å²) in [5, 5.41) is 0. The molecule has 1 aromatic carbocycles. The van der Waals surface area contributed by atoms with Crippen LogP contribution in [-0.4, -0.2) is 69.3 Å². The third-order valence-electron chi connectivity index (χ3n) is 3.92. The maximum Gasteiger partial charge on any atom is 0.409 e. The average Bonchev–Trinajstić information content (AvgIpc) is 2.86. The summed E-state index contributed by atoms with van der Waals surface area (Å²) in [4.78, 5) is 27.9. The van der Waals surface area contributed by atoms with E-state index in [2.05, 4.69) is 22.6 Å². The molecule has 0 N–H and O–H groups in total. The van der Waals surface area contributed by atoms with Crippen LogP contribution in [0.2, 0.25) is 0 Å². The fourth-order valence-corrected chi connectivity index (χ4v) is 3.29. The second kappa shape index (κ2) is 8.41. The van der Waals surface area contributed by atoms with Crippen LogP contribution in [0.15, 0.2) is 12.1 Å². The lowest BCUT2D eigenvalue weighted by Gasteiger charge is -2.22. The Hall–Kier alpha value is -1.71. The molecular weight excluding hydrogens is 427 g/mol. The van der Waals surface area contributed by atoms with E-state index in [-0.39, 0.29) is 12.0 Å². The molecule has 1 aliphatic rings. The highest BCUT2D eigenvalue weighted by molar-refractivity contribution is 14.1. The van der Waals surface area contributed by atoms with Crippen molar-refractivity contribution in [3.63, 3.8) is 0 Å². The van der Waals surface area contributed by atoms with Gasteiger partial charge in [-0.2, -0.15) is 0 Å². The first-order valence-corrected chi connectivity index (χ1v) is 8.63. The first-order valence-electron chi connectivity index (χ1n) is 7.55. The third-order valence-corrected chi connectivity index (χ3v) is 4.81. The van der Waals surface area contributed by atoms with Gasteiger partial charge in [0.05, 0.1) is 26.9 Å². The Labute approximate surface area is 155 Å². The minimum Gasteiger partial charge on any atom is -0.493 e. The zero-order valence-electron chi connectivity index (χ0n) is 14.0. The Morgan fingerprint density at radius 1 is 0.958 bits per heavy atom. The van der Waals surface area contributed by atoms with Gasteiger partial charge in [0, 0.05) is 29.7 Å². The van der Waals surface area contributed by atoms with Gasteiger partial charge in [0.25, 0.3) is 5.91 Å².